The van der Waals surface area contributed by atoms with E-state index < -0.39 is 23.5 Å². The van der Waals surface area contributed by atoms with Gasteiger partial charge in [0.05, 0.1) is 0 Å². The van der Waals surface area contributed by atoms with Gasteiger partial charge in [0.1, 0.15) is 6.04 Å². The molecule has 0 aromatic carbocycles. The largest absolute Gasteiger partial charge is 0.480 e. The van der Waals surface area contributed by atoms with Crippen LogP contribution in [0.15, 0.2) is 11.6 Å². The van der Waals surface area contributed by atoms with Crippen molar-refractivity contribution in [2.75, 3.05) is 5.32 Å². The Morgan fingerprint density at radius 2 is 2.12 bits per heavy atom. The van der Waals surface area contributed by atoms with E-state index in [9.17, 15) is 9.59 Å². The van der Waals surface area contributed by atoms with Crippen LogP contribution in [-0.4, -0.2) is 28.1 Å². The van der Waals surface area contributed by atoms with Gasteiger partial charge in [-0.15, -0.1) is 11.3 Å². The topological polar surface area (TPSA) is 91.3 Å². The van der Waals surface area contributed by atoms with E-state index in [2.05, 4.69) is 15.6 Å². The molecule has 1 atom stereocenters. The zero-order chi connectivity index (χ0) is 13.1. The quantitative estimate of drug-likeness (QED) is 0.769. The van der Waals surface area contributed by atoms with Gasteiger partial charge >= 0.3 is 12.0 Å². The van der Waals surface area contributed by atoms with Gasteiger partial charge in [-0.25, -0.2) is 14.6 Å². The minimum Gasteiger partial charge on any atom is -0.480 e. The van der Waals surface area contributed by atoms with Gasteiger partial charge in [-0.2, -0.15) is 0 Å². The maximum atomic E-state index is 11.6. The maximum absolute atomic E-state index is 11.6. The Hall–Kier alpha value is -1.63. The van der Waals surface area contributed by atoms with Crippen molar-refractivity contribution in [2.45, 2.75) is 26.8 Å². The smallest absolute Gasteiger partial charge is 0.326 e. The summed E-state index contributed by atoms with van der Waals surface area (Å²) in [6.07, 6.45) is 1.55. The number of rotatable bonds is 3. The second-order valence-electron chi connectivity index (χ2n) is 4.57. The summed E-state index contributed by atoms with van der Waals surface area (Å²) in [6.45, 7) is 5.24. The van der Waals surface area contributed by atoms with Crippen molar-refractivity contribution >= 4 is 28.5 Å². The van der Waals surface area contributed by atoms with Gasteiger partial charge in [0.25, 0.3) is 0 Å². The zero-order valence-corrected chi connectivity index (χ0v) is 10.7. The van der Waals surface area contributed by atoms with Crippen LogP contribution in [0.4, 0.5) is 9.93 Å². The van der Waals surface area contributed by atoms with Gasteiger partial charge < -0.3 is 10.4 Å². The molecule has 7 heteroatoms. The number of hydrogen-bond acceptors (Lipinski definition) is 4. The Labute approximate surface area is 103 Å². The molecule has 1 rings (SSSR count). The zero-order valence-electron chi connectivity index (χ0n) is 9.85. The molecule has 1 aromatic rings. The number of anilines is 1. The third-order valence-corrected chi connectivity index (χ3v) is 2.73. The summed E-state index contributed by atoms with van der Waals surface area (Å²) in [5, 5.41) is 16.1. The highest BCUT2D eigenvalue weighted by atomic mass is 32.1. The molecular formula is C10H15N3O3S. The Morgan fingerprint density at radius 3 is 2.53 bits per heavy atom. The summed E-state index contributed by atoms with van der Waals surface area (Å²) in [4.78, 5) is 26.5. The van der Waals surface area contributed by atoms with E-state index >= 15 is 0 Å². The number of thiazole rings is 1. The van der Waals surface area contributed by atoms with E-state index in [1.807, 2.05) is 0 Å². The first-order valence-corrected chi connectivity index (χ1v) is 5.88. The molecule has 3 N–H and O–H groups in total. The normalized spacial score (nSPS) is 12.9. The van der Waals surface area contributed by atoms with E-state index in [1.165, 1.54) is 11.3 Å². The molecule has 0 aliphatic heterocycles. The van der Waals surface area contributed by atoms with Crippen LogP contribution in [0.1, 0.15) is 20.8 Å². The number of aromatic nitrogens is 1. The molecule has 94 valence electrons. The highest BCUT2D eigenvalue weighted by molar-refractivity contribution is 7.13. The van der Waals surface area contributed by atoms with Crippen molar-refractivity contribution in [3.05, 3.63) is 11.6 Å². The van der Waals surface area contributed by atoms with Gasteiger partial charge in [0.2, 0.25) is 0 Å². The minimum absolute atomic E-state index is 0.431. The highest BCUT2D eigenvalue weighted by Gasteiger charge is 2.32. The lowest BCUT2D eigenvalue weighted by atomic mass is 9.87. The molecule has 1 aromatic heterocycles. The summed E-state index contributed by atoms with van der Waals surface area (Å²) in [6, 6.07) is -1.52. The molecule has 0 fully saturated rings. The number of hydrogen-bond donors (Lipinski definition) is 3. The van der Waals surface area contributed by atoms with Crippen molar-refractivity contribution in [3.8, 4) is 0 Å². The minimum atomic E-state index is -1.06. The number of carboxylic acid groups (broad SMARTS) is 1. The average molecular weight is 257 g/mol. The standard InChI is InChI=1S/C10H15N3O3S/c1-10(2,3)6(7(14)15)12-8(16)13-9-11-4-5-17-9/h4-6H,1-3H3,(H,14,15)(H2,11,12,13,16)/t6-/m1/s1. The van der Waals surface area contributed by atoms with Gasteiger partial charge in [0, 0.05) is 11.6 Å². The average Bonchev–Trinajstić information content (AvgIpc) is 2.64. The SMILES string of the molecule is CC(C)(C)[C@H](NC(=O)Nc1nccs1)C(=O)O. The summed E-state index contributed by atoms with van der Waals surface area (Å²) in [7, 11) is 0. The third kappa shape index (κ3) is 4.03. The van der Waals surface area contributed by atoms with Crippen molar-refractivity contribution in [2.24, 2.45) is 5.41 Å². The third-order valence-electron chi connectivity index (χ3n) is 2.04. The lowest BCUT2D eigenvalue weighted by Crippen LogP contribution is -2.50. The molecular weight excluding hydrogens is 242 g/mol. The molecule has 0 aliphatic rings. The van der Waals surface area contributed by atoms with Crippen molar-refractivity contribution < 1.29 is 14.7 Å². The van der Waals surface area contributed by atoms with E-state index in [4.69, 9.17) is 5.11 Å². The van der Waals surface area contributed by atoms with Crippen LogP contribution in [0.5, 0.6) is 0 Å². The summed E-state index contributed by atoms with van der Waals surface area (Å²) >= 11 is 1.26. The lowest BCUT2D eigenvalue weighted by molar-refractivity contribution is -0.141. The van der Waals surface area contributed by atoms with Crippen LogP contribution in [-0.2, 0) is 4.79 Å². The second-order valence-corrected chi connectivity index (χ2v) is 5.47. The monoisotopic (exact) mass is 257 g/mol. The summed E-state index contributed by atoms with van der Waals surface area (Å²) in [5.74, 6) is -1.06. The molecule has 0 radical (unpaired) electrons. The molecule has 6 nitrogen and oxygen atoms in total. The molecule has 0 unspecified atom stereocenters. The fourth-order valence-electron chi connectivity index (χ4n) is 1.20. The number of carbonyl (C=O) groups is 2. The number of carbonyl (C=O) groups excluding carboxylic acids is 1. The van der Waals surface area contributed by atoms with Gasteiger partial charge in [-0.05, 0) is 5.41 Å². The number of aliphatic carboxylic acids is 1. The van der Waals surface area contributed by atoms with Crippen LogP contribution in [0.2, 0.25) is 0 Å². The van der Waals surface area contributed by atoms with Crippen LogP contribution < -0.4 is 10.6 Å². The predicted molar refractivity (Wildman–Crippen MR) is 65.1 cm³/mol. The van der Waals surface area contributed by atoms with Crippen LogP contribution in [0.25, 0.3) is 0 Å². The first kappa shape index (κ1) is 13.4. The van der Waals surface area contributed by atoms with Crippen molar-refractivity contribution in [1.29, 1.82) is 0 Å². The molecule has 2 amide bonds. The molecule has 0 spiro atoms. The number of carboxylic acids is 1. The second kappa shape index (κ2) is 5.13. The molecule has 17 heavy (non-hydrogen) atoms. The van der Waals surface area contributed by atoms with E-state index in [0.29, 0.717) is 5.13 Å². The van der Waals surface area contributed by atoms with E-state index in [1.54, 1.807) is 32.3 Å². The first-order chi connectivity index (χ1) is 7.80. The Balaban J connectivity index is 2.62. The van der Waals surface area contributed by atoms with Crippen LogP contribution >= 0.6 is 11.3 Å². The predicted octanol–water partition coefficient (Wildman–Crippen LogP) is 1.76. The summed E-state index contributed by atoms with van der Waals surface area (Å²) < 4.78 is 0. The van der Waals surface area contributed by atoms with Crippen molar-refractivity contribution in [1.82, 2.24) is 10.3 Å². The number of urea groups is 1. The Bertz CT molecular complexity index is 397. The molecule has 0 bridgehead atoms. The number of nitrogens with zero attached hydrogens (tertiary/aromatic N) is 1. The molecule has 0 aliphatic carbocycles. The van der Waals surface area contributed by atoms with Crippen LogP contribution in [0.3, 0.4) is 0 Å². The fourth-order valence-corrected chi connectivity index (χ4v) is 1.72. The first-order valence-electron chi connectivity index (χ1n) is 5.00. The van der Waals surface area contributed by atoms with E-state index in [0.717, 1.165) is 0 Å². The van der Waals surface area contributed by atoms with E-state index in [-0.39, 0.29) is 0 Å². The van der Waals surface area contributed by atoms with Gasteiger partial charge in [0.15, 0.2) is 5.13 Å². The van der Waals surface area contributed by atoms with Crippen LogP contribution in [0, 0.1) is 5.41 Å². The molecule has 0 saturated carbocycles. The molecule has 0 saturated heterocycles. The van der Waals surface area contributed by atoms with Gasteiger partial charge in [-0.3, -0.25) is 5.32 Å². The fraction of sp³-hybridized carbons (Fsp3) is 0.500. The Kier molecular flexibility index (Phi) is 4.06. The maximum Gasteiger partial charge on any atom is 0.326 e. The number of amides is 2. The summed E-state index contributed by atoms with van der Waals surface area (Å²) in [5.41, 5.74) is -0.563. The van der Waals surface area contributed by atoms with Gasteiger partial charge in [-0.1, -0.05) is 20.8 Å². The van der Waals surface area contributed by atoms with Crippen molar-refractivity contribution in [3.63, 3.8) is 0 Å². The number of nitrogens with one attached hydrogen (secondary N) is 2. The lowest BCUT2D eigenvalue weighted by Gasteiger charge is -2.27. The molecule has 1 heterocycles. The Morgan fingerprint density at radius 1 is 1.47 bits per heavy atom. The highest BCUT2D eigenvalue weighted by Crippen LogP contribution is 2.19.